The van der Waals surface area contributed by atoms with Crippen LogP contribution in [0.4, 0.5) is 4.79 Å². The maximum Gasteiger partial charge on any atom is 0.373 e. The van der Waals surface area contributed by atoms with E-state index < -0.39 is 17.1 Å². The van der Waals surface area contributed by atoms with Gasteiger partial charge < -0.3 is 18.6 Å². The van der Waals surface area contributed by atoms with E-state index in [2.05, 4.69) is 14.7 Å². The van der Waals surface area contributed by atoms with Gasteiger partial charge in [0.25, 0.3) is 11.1 Å². The molecule has 166 valence electrons. The van der Waals surface area contributed by atoms with Gasteiger partial charge in [0.05, 0.1) is 29.6 Å². The van der Waals surface area contributed by atoms with Gasteiger partial charge in [-0.1, -0.05) is 12.1 Å². The quantitative estimate of drug-likeness (QED) is 0.302. The van der Waals surface area contributed by atoms with Crippen LogP contribution in [0.5, 0.6) is 0 Å². The fourth-order valence-electron chi connectivity index (χ4n) is 3.13. The van der Waals surface area contributed by atoms with Crippen molar-refractivity contribution in [3.05, 3.63) is 70.7 Å². The summed E-state index contributed by atoms with van der Waals surface area (Å²) in [5, 5.41) is 0.832. The minimum atomic E-state index is -0.635. The normalized spacial score (nSPS) is 15.2. The minimum Gasteiger partial charge on any atom is -0.463 e. The number of hydrogen-bond donors (Lipinski definition) is 1. The van der Waals surface area contributed by atoms with Crippen molar-refractivity contribution in [1.29, 1.82) is 0 Å². The Labute approximate surface area is 195 Å². The molecule has 0 spiro atoms. The van der Waals surface area contributed by atoms with Gasteiger partial charge in [-0.2, -0.15) is 0 Å². The van der Waals surface area contributed by atoms with Crippen LogP contribution in [0, 0.1) is 0 Å². The number of aromatic amines is 1. The second kappa shape index (κ2) is 8.68. The molecular weight excluding hydrogens is 466 g/mol. The standard InChI is InChI=1S/C22H15N3O6S2/c1-29-20(27)16-8-6-13(30-16)11-25-19(26)17(32-22(25)28)10-12-7-9-18(31-12)33-21-23-14-4-2-3-5-15(14)24-21/h2-10H,11H2,1H3,(H,23,24)/b17-10+. The summed E-state index contributed by atoms with van der Waals surface area (Å²) in [4.78, 5) is 45.6. The number of para-hydroxylation sites is 2. The summed E-state index contributed by atoms with van der Waals surface area (Å²) in [6, 6.07) is 14.1. The van der Waals surface area contributed by atoms with E-state index in [-0.39, 0.29) is 17.2 Å². The molecule has 9 nitrogen and oxygen atoms in total. The molecule has 1 fully saturated rings. The first-order chi connectivity index (χ1) is 16.0. The summed E-state index contributed by atoms with van der Waals surface area (Å²) < 4.78 is 15.7. The van der Waals surface area contributed by atoms with Crippen LogP contribution in [0.1, 0.15) is 22.1 Å². The summed E-state index contributed by atoms with van der Waals surface area (Å²) in [5.41, 5.74) is 1.78. The monoisotopic (exact) mass is 481 g/mol. The third-order valence-corrected chi connectivity index (χ3v) is 6.39. The van der Waals surface area contributed by atoms with E-state index in [1.807, 2.05) is 24.3 Å². The lowest BCUT2D eigenvalue weighted by Gasteiger charge is -2.09. The maximum absolute atomic E-state index is 12.7. The highest BCUT2D eigenvalue weighted by Gasteiger charge is 2.36. The van der Waals surface area contributed by atoms with Gasteiger partial charge in [-0.05, 0) is 59.9 Å². The summed E-state index contributed by atoms with van der Waals surface area (Å²) >= 11 is 2.13. The number of fused-ring (bicyclic) bond motifs is 1. The van der Waals surface area contributed by atoms with E-state index in [9.17, 15) is 14.4 Å². The zero-order valence-corrected chi connectivity index (χ0v) is 18.7. The first kappa shape index (κ1) is 21.2. The fraction of sp³-hybridized carbons (Fsp3) is 0.0909. The molecule has 0 bridgehead atoms. The van der Waals surface area contributed by atoms with Crippen molar-refractivity contribution in [2.24, 2.45) is 0 Å². The zero-order chi connectivity index (χ0) is 22.9. The first-order valence-electron chi connectivity index (χ1n) is 9.65. The van der Waals surface area contributed by atoms with Crippen molar-refractivity contribution in [2.75, 3.05) is 7.11 Å². The van der Waals surface area contributed by atoms with E-state index in [1.54, 1.807) is 12.1 Å². The van der Waals surface area contributed by atoms with E-state index in [1.165, 1.54) is 37.1 Å². The number of ether oxygens (including phenoxy) is 1. The number of imide groups is 1. The number of carbonyl (C=O) groups is 3. The van der Waals surface area contributed by atoms with Crippen molar-refractivity contribution in [1.82, 2.24) is 14.9 Å². The van der Waals surface area contributed by atoms with Crippen LogP contribution < -0.4 is 0 Å². The number of H-pyrrole nitrogens is 1. The molecule has 1 aromatic carbocycles. The third kappa shape index (κ3) is 4.32. The predicted octanol–water partition coefficient (Wildman–Crippen LogP) is 4.92. The molecule has 11 heteroatoms. The highest BCUT2D eigenvalue weighted by atomic mass is 32.2. The molecule has 5 rings (SSSR count). The van der Waals surface area contributed by atoms with Crippen LogP contribution in [-0.4, -0.2) is 39.1 Å². The molecule has 1 aliphatic rings. The van der Waals surface area contributed by atoms with Gasteiger partial charge in [0.1, 0.15) is 11.5 Å². The molecule has 33 heavy (non-hydrogen) atoms. The van der Waals surface area contributed by atoms with Crippen LogP contribution >= 0.6 is 23.5 Å². The summed E-state index contributed by atoms with van der Waals surface area (Å²) in [5.74, 6) is -0.375. The number of amides is 2. The number of nitrogens with one attached hydrogen (secondary N) is 1. The number of rotatable bonds is 6. The van der Waals surface area contributed by atoms with Gasteiger partial charge in [-0.15, -0.1) is 0 Å². The molecule has 0 atom stereocenters. The van der Waals surface area contributed by atoms with Crippen molar-refractivity contribution in [3.8, 4) is 0 Å². The minimum absolute atomic E-state index is 0.0000756. The average molecular weight is 482 g/mol. The molecule has 1 saturated heterocycles. The zero-order valence-electron chi connectivity index (χ0n) is 17.1. The number of nitrogens with zero attached hydrogens (tertiary/aromatic N) is 2. The first-order valence-corrected chi connectivity index (χ1v) is 11.3. The Balaban J connectivity index is 1.28. The average Bonchev–Trinajstić information content (AvgIpc) is 3.58. The van der Waals surface area contributed by atoms with Crippen molar-refractivity contribution in [3.63, 3.8) is 0 Å². The van der Waals surface area contributed by atoms with Gasteiger partial charge in [0.15, 0.2) is 10.2 Å². The van der Waals surface area contributed by atoms with Gasteiger partial charge in [-0.3, -0.25) is 14.5 Å². The van der Waals surface area contributed by atoms with Gasteiger partial charge in [0, 0.05) is 6.08 Å². The number of imidazole rings is 1. The number of hydrogen-bond acceptors (Lipinski definition) is 9. The smallest absolute Gasteiger partial charge is 0.373 e. The Hall–Kier alpha value is -3.70. The molecule has 0 saturated carbocycles. The number of furan rings is 2. The molecule has 2 amide bonds. The van der Waals surface area contributed by atoms with Crippen molar-refractivity contribution < 1.29 is 28.0 Å². The molecule has 0 aliphatic carbocycles. The Morgan fingerprint density at radius 2 is 2.03 bits per heavy atom. The van der Waals surface area contributed by atoms with Crippen LogP contribution in [0.2, 0.25) is 0 Å². The third-order valence-electron chi connectivity index (χ3n) is 4.68. The molecule has 0 unspecified atom stereocenters. The Morgan fingerprint density at radius 3 is 2.85 bits per heavy atom. The number of esters is 1. The lowest BCUT2D eigenvalue weighted by atomic mass is 10.3. The van der Waals surface area contributed by atoms with E-state index in [0.29, 0.717) is 21.8 Å². The second-order valence-electron chi connectivity index (χ2n) is 6.84. The van der Waals surface area contributed by atoms with Crippen LogP contribution in [-0.2, 0) is 16.1 Å². The maximum atomic E-state index is 12.7. The van der Waals surface area contributed by atoms with Crippen molar-refractivity contribution in [2.45, 2.75) is 16.8 Å². The second-order valence-corrected chi connectivity index (χ2v) is 8.83. The molecule has 4 aromatic rings. The Bertz CT molecular complexity index is 1380. The Kier molecular flexibility index (Phi) is 5.56. The van der Waals surface area contributed by atoms with Crippen molar-refractivity contribution >= 4 is 57.7 Å². The number of thioether (sulfide) groups is 1. The highest BCUT2D eigenvalue weighted by molar-refractivity contribution is 8.18. The van der Waals surface area contributed by atoms with E-state index in [0.717, 1.165) is 27.7 Å². The van der Waals surface area contributed by atoms with Gasteiger partial charge in [-0.25, -0.2) is 9.78 Å². The number of carbonyl (C=O) groups excluding carboxylic acids is 3. The number of benzene rings is 1. The van der Waals surface area contributed by atoms with E-state index in [4.69, 9.17) is 8.83 Å². The SMILES string of the molecule is COC(=O)c1ccc(CN2C(=O)S/C(=C/c3ccc(Sc4nc5ccccc5[nH]4)o3)C2=O)o1. The van der Waals surface area contributed by atoms with Crippen LogP contribution in [0.15, 0.2) is 72.5 Å². The molecule has 3 aromatic heterocycles. The Morgan fingerprint density at radius 1 is 1.18 bits per heavy atom. The summed E-state index contributed by atoms with van der Waals surface area (Å²) in [7, 11) is 1.24. The lowest BCUT2D eigenvalue weighted by Crippen LogP contribution is -2.27. The topological polar surface area (TPSA) is 119 Å². The summed E-state index contributed by atoms with van der Waals surface area (Å²) in [6.07, 6.45) is 1.52. The number of methoxy groups -OCH3 is 1. The lowest BCUT2D eigenvalue weighted by molar-refractivity contribution is -0.123. The molecular formula is C22H15N3O6S2. The largest absolute Gasteiger partial charge is 0.463 e. The predicted molar refractivity (Wildman–Crippen MR) is 120 cm³/mol. The van der Waals surface area contributed by atoms with Gasteiger partial charge in [0.2, 0.25) is 5.76 Å². The molecule has 4 heterocycles. The molecule has 1 aliphatic heterocycles. The van der Waals surface area contributed by atoms with Crippen LogP contribution in [0.3, 0.4) is 0 Å². The molecule has 1 N–H and O–H groups in total. The number of aromatic nitrogens is 2. The highest BCUT2D eigenvalue weighted by Crippen LogP contribution is 2.35. The molecule has 0 radical (unpaired) electrons. The summed E-state index contributed by atoms with van der Waals surface area (Å²) in [6.45, 7) is -0.0929. The van der Waals surface area contributed by atoms with E-state index >= 15 is 0 Å². The van der Waals surface area contributed by atoms with Gasteiger partial charge >= 0.3 is 5.97 Å². The van der Waals surface area contributed by atoms with Crippen LogP contribution in [0.25, 0.3) is 17.1 Å². The fourth-order valence-corrected chi connectivity index (χ4v) is 4.72.